The van der Waals surface area contributed by atoms with Crippen LogP contribution >= 0.6 is 0 Å². The van der Waals surface area contributed by atoms with Crippen molar-refractivity contribution in [3.05, 3.63) is 0 Å². The number of nitrogens with zero attached hydrogens (tertiary/aromatic N) is 1. The first-order chi connectivity index (χ1) is 6.35. The second-order valence-corrected chi connectivity index (χ2v) is 4.81. The molecule has 0 amide bonds. The van der Waals surface area contributed by atoms with Gasteiger partial charge in [0.05, 0.1) is 0 Å². The fourth-order valence-electron chi connectivity index (χ4n) is 2.35. The average Bonchev–Trinajstić information content (AvgIpc) is 2.74. The Kier molecular flexibility index (Phi) is 2.89. The molecule has 2 aliphatic rings. The number of hydrogen-bond acceptors (Lipinski definition) is 2. The molecule has 0 aromatic carbocycles. The van der Waals surface area contributed by atoms with Gasteiger partial charge in [-0.3, -0.25) is 0 Å². The number of rotatable bonds is 5. The molecule has 1 aliphatic carbocycles. The highest BCUT2D eigenvalue weighted by Crippen LogP contribution is 2.48. The quantitative estimate of drug-likeness (QED) is 0.700. The Morgan fingerprint density at radius 3 is 2.38 bits per heavy atom. The van der Waals surface area contributed by atoms with E-state index in [2.05, 4.69) is 4.90 Å². The minimum absolute atomic E-state index is 0.375. The summed E-state index contributed by atoms with van der Waals surface area (Å²) in [6.07, 6.45) is 7.86. The van der Waals surface area contributed by atoms with Crippen LogP contribution in [-0.2, 0) is 0 Å². The van der Waals surface area contributed by atoms with Crippen molar-refractivity contribution in [2.24, 2.45) is 5.41 Å². The van der Waals surface area contributed by atoms with Crippen LogP contribution in [0.5, 0.6) is 0 Å². The van der Waals surface area contributed by atoms with Crippen molar-refractivity contribution in [1.29, 1.82) is 0 Å². The molecule has 1 aliphatic heterocycles. The zero-order chi connectivity index (χ0) is 9.15. The highest BCUT2D eigenvalue weighted by atomic mass is 16.3. The average molecular weight is 183 g/mol. The number of hydrogen-bond donors (Lipinski definition) is 1. The maximum atomic E-state index is 9.13. The van der Waals surface area contributed by atoms with Crippen molar-refractivity contribution in [2.45, 2.75) is 38.5 Å². The van der Waals surface area contributed by atoms with Crippen molar-refractivity contribution < 1.29 is 5.11 Å². The molecule has 2 fully saturated rings. The van der Waals surface area contributed by atoms with Crippen molar-refractivity contribution in [3.8, 4) is 0 Å². The molecule has 0 aromatic heterocycles. The standard InChI is InChI=1S/C11H21NO/c13-10-11(5-6-11)4-3-9-12-7-1-2-8-12/h13H,1-10H2. The van der Waals surface area contributed by atoms with Crippen molar-refractivity contribution in [1.82, 2.24) is 4.90 Å². The van der Waals surface area contributed by atoms with Crippen LogP contribution in [0, 0.1) is 5.41 Å². The second kappa shape index (κ2) is 3.97. The van der Waals surface area contributed by atoms with Crippen LogP contribution in [0.15, 0.2) is 0 Å². The molecule has 1 saturated carbocycles. The van der Waals surface area contributed by atoms with Crippen LogP contribution in [-0.4, -0.2) is 36.2 Å². The third-order valence-corrected chi connectivity index (χ3v) is 3.67. The molecule has 2 nitrogen and oxygen atoms in total. The Hall–Kier alpha value is -0.0800. The van der Waals surface area contributed by atoms with Gasteiger partial charge in [-0.2, -0.15) is 0 Å². The largest absolute Gasteiger partial charge is 0.396 e. The lowest BCUT2D eigenvalue weighted by Crippen LogP contribution is -2.21. The summed E-state index contributed by atoms with van der Waals surface area (Å²) in [4.78, 5) is 2.56. The van der Waals surface area contributed by atoms with E-state index in [1.54, 1.807) is 0 Å². The summed E-state index contributed by atoms with van der Waals surface area (Å²) in [6, 6.07) is 0. The normalized spacial score (nSPS) is 26.5. The first-order valence-electron chi connectivity index (χ1n) is 5.68. The van der Waals surface area contributed by atoms with Gasteiger partial charge in [0.2, 0.25) is 0 Å². The summed E-state index contributed by atoms with van der Waals surface area (Å²) in [5.41, 5.74) is 0.375. The highest BCUT2D eigenvalue weighted by Gasteiger charge is 2.41. The number of likely N-dealkylation sites (tertiary alicyclic amines) is 1. The molecule has 0 unspecified atom stereocenters. The van der Waals surface area contributed by atoms with E-state index < -0.39 is 0 Å². The maximum Gasteiger partial charge on any atom is 0.0487 e. The van der Waals surface area contributed by atoms with Gasteiger partial charge < -0.3 is 10.0 Å². The van der Waals surface area contributed by atoms with E-state index in [9.17, 15) is 0 Å². The lowest BCUT2D eigenvalue weighted by Gasteiger charge is -2.16. The lowest BCUT2D eigenvalue weighted by molar-refractivity contribution is 0.194. The first kappa shape index (κ1) is 9.47. The third-order valence-electron chi connectivity index (χ3n) is 3.67. The van der Waals surface area contributed by atoms with Crippen LogP contribution in [0.3, 0.4) is 0 Å². The minimum atomic E-state index is 0.375. The predicted octanol–water partition coefficient (Wildman–Crippen LogP) is 1.63. The van der Waals surface area contributed by atoms with Gasteiger partial charge >= 0.3 is 0 Å². The van der Waals surface area contributed by atoms with E-state index in [1.807, 2.05) is 0 Å². The van der Waals surface area contributed by atoms with E-state index in [-0.39, 0.29) is 0 Å². The van der Waals surface area contributed by atoms with Crippen LogP contribution in [0.2, 0.25) is 0 Å². The summed E-state index contributed by atoms with van der Waals surface area (Å²) < 4.78 is 0. The molecule has 0 radical (unpaired) electrons. The Balaban J connectivity index is 1.58. The Morgan fingerprint density at radius 1 is 1.15 bits per heavy atom. The molecule has 0 atom stereocenters. The molecule has 0 aromatic rings. The van der Waals surface area contributed by atoms with E-state index in [1.165, 1.54) is 58.2 Å². The first-order valence-corrected chi connectivity index (χ1v) is 5.68. The van der Waals surface area contributed by atoms with Crippen molar-refractivity contribution in [3.63, 3.8) is 0 Å². The molecule has 13 heavy (non-hydrogen) atoms. The SMILES string of the molecule is OCC1(CCCN2CCCC2)CC1. The summed E-state index contributed by atoms with van der Waals surface area (Å²) >= 11 is 0. The zero-order valence-corrected chi connectivity index (χ0v) is 8.47. The molecule has 2 rings (SSSR count). The van der Waals surface area contributed by atoms with Gasteiger partial charge in [-0.15, -0.1) is 0 Å². The minimum Gasteiger partial charge on any atom is -0.396 e. The van der Waals surface area contributed by atoms with Gasteiger partial charge in [0.25, 0.3) is 0 Å². The second-order valence-electron chi connectivity index (χ2n) is 4.81. The molecule has 1 saturated heterocycles. The van der Waals surface area contributed by atoms with Crippen LogP contribution < -0.4 is 0 Å². The number of aliphatic hydroxyl groups excluding tert-OH is 1. The van der Waals surface area contributed by atoms with Crippen LogP contribution in [0.4, 0.5) is 0 Å². The monoisotopic (exact) mass is 183 g/mol. The van der Waals surface area contributed by atoms with Gasteiger partial charge in [-0.25, -0.2) is 0 Å². The van der Waals surface area contributed by atoms with E-state index >= 15 is 0 Å². The van der Waals surface area contributed by atoms with Gasteiger partial charge in [-0.1, -0.05) is 0 Å². The van der Waals surface area contributed by atoms with Crippen molar-refractivity contribution in [2.75, 3.05) is 26.2 Å². The van der Waals surface area contributed by atoms with Crippen LogP contribution in [0.25, 0.3) is 0 Å². The van der Waals surface area contributed by atoms with Gasteiger partial charge in [0, 0.05) is 6.61 Å². The van der Waals surface area contributed by atoms with Crippen LogP contribution in [0.1, 0.15) is 38.5 Å². The molecule has 1 heterocycles. The number of aliphatic hydroxyl groups is 1. The maximum absolute atomic E-state index is 9.13. The third kappa shape index (κ3) is 2.44. The van der Waals surface area contributed by atoms with Gasteiger partial charge in [0.15, 0.2) is 0 Å². The summed E-state index contributed by atoms with van der Waals surface area (Å²) in [5.74, 6) is 0. The Morgan fingerprint density at radius 2 is 1.85 bits per heavy atom. The molecule has 0 spiro atoms. The predicted molar refractivity (Wildman–Crippen MR) is 53.7 cm³/mol. The van der Waals surface area contributed by atoms with E-state index in [4.69, 9.17) is 5.11 Å². The summed E-state index contributed by atoms with van der Waals surface area (Å²) in [7, 11) is 0. The van der Waals surface area contributed by atoms with E-state index in [0.29, 0.717) is 12.0 Å². The molecular formula is C11H21NO. The Bertz CT molecular complexity index is 159. The van der Waals surface area contributed by atoms with Gasteiger partial charge in [-0.05, 0) is 63.6 Å². The fraction of sp³-hybridized carbons (Fsp3) is 1.00. The molecule has 1 N–H and O–H groups in total. The van der Waals surface area contributed by atoms with Gasteiger partial charge in [0.1, 0.15) is 0 Å². The molecule has 0 bridgehead atoms. The Labute approximate surface area is 80.9 Å². The molecular weight excluding hydrogens is 162 g/mol. The summed E-state index contributed by atoms with van der Waals surface area (Å²) in [5, 5.41) is 9.13. The molecule has 2 heteroatoms. The fourth-order valence-corrected chi connectivity index (χ4v) is 2.35. The smallest absolute Gasteiger partial charge is 0.0487 e. The van der Waals surface area contributed by atoms with E-state index in [0.717, 1.165) is 0 Å². The topological polar surface area (TPSA) is 23.5 Å². The lowest BCUT2D eigenvalue weighted by atomic mass is 10.0. The summed E-state index contributed by atoms with van der Waals surface area (Å²) in [6.45, 7) is 4.31. The molecule has 76 valence electrons. The van der Waals surface area contributed by atoms with Crippen molar-refractivity contribution >= 4 is 0 Å². The highest BCUT2D eigenvalue weighted by molar-refractivity contribution is 4.92. The zero-order valence-electron chi connectivity index (χ0n) is 8.47.